The molecular weight excluding hydrogens is 192 g/mol. The maximum atomic E-state index is 11.0. The SMILES string of the molecule is CN(C)C1(CNC(=O)CO)CCCCC1. The minimum atomic E-state index is -0.413. The van der Waals surface area contributed by atoms with Gasteiger partial charge in [0, 0.05) is 12.1 Å². The number of nitrogens with zero attached hydrogens (tertiary/aromatic N) is 1. The standard InChI is InChI=1S/C11H22N2O2/c1-13(2)11(6-4-3-5-7-11)9-12-10(15)8-14/h14H,3-9H2,1-2H3,(H,12,15). The van der Waals surface area contributed by atoms with Gasteiger partial charge < -0.3 is 15.3 Å². The van der Waals surface area contributed by atoms with E-state index < -0.39 is 6.61 Å². The summed E-state index contributed by atoms with van der Waals surface area (Å²) in [6, 6.07) is 0. The number of aliphatic hydroxyl groups excluding tert-OH is 1. The number of hydrogen-bond donors (Lipinski definition) is 2. The molecule has 0 saturated heterocycles. The van der Waals surface area contributed by atoms with E-state index in [1.54, 1.807) is 0 Å². The molecule has 0 unspecified atom stereocenters. The van der Waals surface area contributed by atoms with Crippen molar-refractivity contribution in [2.24, 2.45) is 0 Å². The van der Waals surface area contributed by atoms with Gasteiger partial charge in [-0.1, -0.05) is 19.3 Å². The van der Waals surface area contributed by atoms with Gasteiger partial charge >= 0.3 is 0 Å². The lowest BCUT2D eigenvalue weighted by atomic mass is 9.80. The van der Waals surface area contributed by atoms with Crippen LogP contribution in [0, 0.1) is 0 Å². The molecule has 1 saturated carbocycles. The summed E-state index contributed by atoms with van der Waals surface area (Å²) in [6.45, 7) is 0.239. The van der Waals surface area contributed by atoms with Crippen LogP contribution in [0.15, 0.2) is 0 Å². The Morgan fingerprint density at radius 2 is 1.93 bits per heavy atom. The predicted octanol–water partition coefficient (Wildman–Crippen LogP) is 0.359. The highest BCUT2D eigenvalue weighted by Crippen LogP contribution is 2.31. The van der Waals surface area contributed by atoms with Crippen molar-refractivity contribution in [1.29, 1.82) is 0 Å². The summed E-state index contributed by atoms with van der Waals surface area (Å²) in [7, 11) is 4.13. The van der Waals surface area contributed by atoms with E-state index in [2.05, 4.69) is 24.3 Å². The molecule has 1 aliphatic rings. The molecule has 4 heteroatoms. The highest BCUT2D eigenvalue weighted by atomic mass is 16.3. The summed E-state index contributed by atoms with van der Waals surface area (Å²) in [5.41, 5.74) is 0.100. The number of rotatable bonds is 4. The Morgan fingerprint density at radius 3 is 2.40 bits per heavy atom. The second-order valence-electron chi connectivity index (χ2n) is 4.61. The maximum Gasteiger partial charge on any atom is 0.245 e. The third-order valence-corrected chi connectivity index (χ3v) is 3.49. The molecule has 4 nitrogen and oxygen atoms in total. The van der Waals surface area contributed by atoms with Crippen LogP contribution in [0.3, 0.4) is 0 Å². The van der Waals surface area contributed by atoms with E-state index in [1.807, 2.05) is 0 Å². The van der Waals surface area contributed by atoms with Crippen molar-refractivity contribution < 1.29 is 9.90 Å². The molecule has 88 valence electrons. The molecule has 0 heterocycles. The van der Waals surface area contributed by atoms with Gasteiger partial charge in [0.25, 0.3) is 0 Å². The lowest BCUT2D eigenvalue weighted by Crippen LogP contribution is -2.54. The molecule has 0 aromatic rings. The summed E-state index contributed by atoms with van der Waals surface area (Å²) in [4.78, 5) is 13.3. The topological polar surface area (TPSA) is 52.6 Å². The fourth-order valence-electron chi connectivity index (χ4n) is 2.31. The summed E-state index contributed by atoms with van der Waals surface area (Å²) in [5, 5.41) is 11.5. The Bertz CT molecular complexity index is 211. The first-order valence-electron chi connectivity index (χ1n) is 5.66. The quantitative estimate of drug-likeness (QED) is 0.710. The summed E-state index contributed by atoms with van der Waals surface area (Å²) < 4.78 is 0. The molecule has 0 radical (unpaired) electrons. The van der Waals surface area contributed by atoms with Gasteiger partial charge in [0.05, 0.1) is 0 Å². The number of aliphatic hydroxyl groups is 1. The van der Waals surface area contributed by atoms with Gasteiger partial charge in [-0.15, -0.1) is 0 Å². The van der Waals surface area contributed by atoms with E-state index in [4.69, 9.17) is 5.11 Å². The Kier molecular flexibility index (Phi) is 4.54. The molecule has 2 N–H and O–H groups in total. The summed E-state index contributed by atoms with van der Waals surface area (Å²) in [6.07, 6.45) is 6.02. The summed E-state index contributed by atoms with van der Waals surface area (Å²) in [5.74, 6) is -0.276. The average Bonchev–Trinajstić information content (AvgIpc) is 2.27. The van der Waals surface area contributed by atoms with Crippen molar-refractivity contribution in [1.82, 2.24) is 10.2 Å². The molecule has 15 heavy (non-hydrogen) atoms. The van der Waals surface area contributed by atoms with Crippen molar-refractivity contribution in [3.63, 3.8) is 0 Å². The largest absolute Gasteiger partial charge is 0.387 e. The number of nitrogens with one attached hydrogen (secondary N) is 1. The van der Waals surface area contributed by atoms with Gasteiger partial charge in [0.15, 0.2) is 0 Å². The Hall–Kier alpha value is -0.610. The zero-order valence-electron chi connectivity index (χ0n) is 9.75. The Labute approximate surface area is 91.6 Å². The second-order valence-corrected chi connectivity index (χ2v) is 4.61. The number of carbonyl (C=O) groups excluding carboxylic acids is 1. The predicted molar refractivity (Wildman–Crippen MR) is 59.6 cm³/mol. The monoisotopic (exact) mass is 214 g/mol. The molecule has 1 aliphatic carbocycles. The molecule has 1 fully saturated rings. The molecule has 0 atom stereocenters. The van der Waals surface area contributed by atoms with Gasteiger partial charge in [-0.05, 0) is 26.9 Å². The highest BCUT2D eigenvalue weighted by molar-refractivity contribution is 5.76. The average molecular weight is 214 g/mol. The third-order valence-electron chi connectivity index (χ3n) is 3.49. The van der Waals surface area contributed by atoms with Crippen molar-refractivity contribution >= 4 is 5.91 Å². The molecular formula is C11H22N2O2. The minimum Gasteiger partial charge on any atom is -0.387 e. The lowest BCUT2D eigenvalue weighted by molar-refractivity contribution is -0.124. The van der Waals surface area contributed by atoms with Crippen molar-refractivity contribution in [2.75, 3.05) is 27.2 Å². The molecule has 0 aromatic heterocycles. The van der Waals surface area contributed by atoms with E-state index in [-0.39, 0.29) is 11.4 Å². The molecule has 0 aromatic carbocycles. The molecule has 0 bridgehead atoms. The van der Waals surface area contributed by atoms with Crippen LogP contribution >= 0.6 is 0 Å². The summed E-state index contributed by atoms with van der Waals surface area (Å²) >= 11 is 0. The van der Waals surface area contributed by atoms with Gasteiger partial charge in [-0.3, -0.25) is 4.79 Å². The Morgan fingerprint density at radius 1 is 1.33 bits per heavy atom. The number of hydrogen-bond acceptors (Lipinski definition) is 3. The number of amides is 1. The minimum absolute atomic E-state index is 0.100. The zero-order valence-corrected chi connectivity index (χ0v) is 9.75. The Balaban J connectivity index is 2.53. The van der Waals surface area contributed by atoms with Crippen LogP contribution in [0.4, 0.5) is 0 Å². The normalized spacial score (nSPS) is 20.3. The van der Waals surface area contributed by atoms with E-state index in [9.17, 15) is 4.79 Å². The highest BCUT2D eigenvalue weighted by Gasteiger charge is 2.34. The zero-order chi connectivity index (χ0) is 11.3. The fraction of sp³-hybridized carbons (Fsp3) is 0.909. The van der Waals surface area contributed by atoms with Gasteiger partial charge in [-0.2, -0.15) is 0 Å². The van der Waals surface area contributed by atoms with Gasteiger partial charge in [0.1, 0.15) is 6.61 Å². The van der Waals surface area contributed by atoms with E-state index in [1.165, 1.54) is 19.3 Å². The smallest absolute Gasteiger partial charge is 0.245 e. The molecule has 0 spiro atoms. The van der Waals surface area contributed by atoms with Crippen molar-refractivity contribution in [3.05, 3.63) is 0 Å². The van der Waals surface area contributed by atoms with Crippen molar-refractivity contribution in [3.8, 4) is 0 Å². The first-order chi connectivity index (χ1) is 7.10. The van der Waals surface area contributed by atoms with Crippen molar-refractivity contribution in [2.45, 2.75) is 37.6 Å². The van der Waals surface area contributed by atoms with Crippen LogP contribution in [0.5, 0.6) is 0 Å². The second kappa shape index (κ2) is 5.47. The van der Waals surface area contributed by atoms with Crippen LogP contribution in [0.2, 0.25) is 0 Å². The fourth-order valence-corrected chi connectivity index (χ4v) is 2.31. The first kappa shape index (κ1) is 12.5. The van der Waals surface area contributed by atoms with Gasteiger partial charge in [-0.25, -0.2) is 0 Å². The molecule has 1 rings (SSSR count). The van der Waals surface area contributed by atoms with Crippen LogP contribution in [-0.4, -0.2) is 48.7 Å². The van der Waals surface area contributed by atoms with Gasteiger partial charge in [0.2, 0.25) is 5.91 Å². The number of likely N-dealkylation sites (N-methyl/N-ethyl adjacent to an activating group) is 1. The molecule has 1 amide bonds. The molecule has 0 aliphatic heterocycles. The lowest BCUT2D eigenvalue weighted by Gasteiger charge is -2.43. The van der Waals surface area contributed by atoms with Crippen LogP contribution in [-0.2, 0) is 4.79 Å². The van der Waals surface area contributed by atoms with Crippen LogP contribution < -0.4 is 5.32 Å². The van der Waals surface area contributed by atoms with E-state index in [0.717, 1.165) is 12.8 Å². The van der Waals surface area contributed by atoms with E-state index >= 15 is 0 Å². The number of carbonyl (C=O) groups is 1. The third kappa shape index (κ3) is 3.18. The van der Waals surface area contributed by atoms with Crippen LogP contribution in [0.25, 0.3) is 0 Å². The maximum absolute atomic E-state index is 11.0. The first-order valence-corrected chi connectivity index (χ1v) is 5.66. The van der Waals surface area contributed by atoms with Crippen LogP contribution in [0.1, 0.15) is 32.1 Å². The van der Waals surface area contributed by atoms with E-state index in [0.29, 0.717) is 6.54 Å².